The number of thiazole rings is 1. The maximum absolute atomic E-state index is 13.8. The number of hydrogen-bond donors (Lipinski definition) is 4. The molecule has 1 saturated carbocycles. The average molecular weight is 520 g/mol. The van der Waals surface area contributed by atoms with E-state index in [0.29, 0.717) is 30.7 Å². The fraction of sp³-hybridized carbons (Fsp3) is 0.273. The Hall–Kier alpha value is -4.07. The van der Waals surface area contributed by atoms with Crippen LogP contribution in [0, 0.1) is 0 Å². The molecule has 10 nitrogen and oxygen atoms in total. The highest BCUT2D eigenvalue weighted by molar-refractivity contribution is 7.17. The van der Waals surface area contributed by atoms with Gasteiger partial charge in [0.2, 0.25) is 0 Å². The summed E-state index contributed by atoms with van der Waals surface area (Å²) in [6.45, 7) is 2.03. The van der Waals surface area contributed by atoms with Gasteiger partial charge in [0.1, 0.15) is 15.7 Å². The van der Waals surface area contributed by atoms with Gasteiger partial charge in [-0.05, 0) is 31.9 Å². The second-order valence-electron chi connectivity index (χ2n) is 7.81. The summed E-state index contributed by atoms with van der Waals surface area (Å²) in [5.41, 5.74) is -0.929. The van der Waals surface area contributed by atoms with Gasteiger partial charge in [0, 0.05) is 47.9 Å². The van der Waals surface area contributed by atoms with Crippen molar-refractivity contribution >= 4 is 35.1 Å². The summed E-state index contributed by atoms with van der Waals surface area (Å²) in [7, 11) is 0. The van der Waals surface area contributed by atoms with Crippen LogP contribution in [-0.2, 0) is 6.18 Å². The molecule has 3 aromatic rings. The number of halogens is 3. The predicted octanol–water partition coefficient (Wildman–Crippen LogP) is 4.02. The lowest BCUT2D eigenvalue weighted by molar-refractivity contribution is -0.141. The number of anilines is 1. The van der Waals surface area contributed by atoms with Gasteiger partial charge in [-0.3, -0.25) is 15.1 Å². The van der Waals surface area contributed by atoms with Crippen molar-refractivity contribution in [3.63, 3.8) is 0 Å². The minimum atomic E-state index is -4.90. The number of alkyl halides is 3. The van der Waals surface area contributed by atoms with Gasteiger partial charge < -0.3 is 15.7 Å². The molecule has 14 heteroatoms. The lowest BCUT2D eigenvalue weighted by atomic mass is 10.0. The molecule has 3 amide bonds. The molecule has 1 aliphatic carbocycles. The first-order valence-corrected chi connectivity index (χ1v) is 11.5. The van der Waals surface area contributed by atoms with E-state index in [1.165, 1.54) is 24.5 Å². The van der Waals surface area contributed by atoms with Gasteiger partial charge >= 0.3 is 18.2 Å². The molecule has 4 N–H and O–H groups in total. The molecule has 3 aromatic heterocycles. The van der Waals surface area contributed by atoms with Crippen LogP contribution in [0.3, 0.4) is 0 Å². The second-order valence-corrected chi connectivity index (χ2v) is 8.81. The van der Waals surface area contributed by atoms with Crippen molar-refractivity contribution in [3.8, 4) is 21.7 Å². The summed E-state index contributed by atoms with van der Waals surface area (Å²) < 4.78 is 41.4. The summed E-state index contributed by atoms with van der Waals surface area (Å²) in [6.07, 6.45) is 0.186. The molecule has 0 bridgehead atoms. The number of rotatable bonds is 7. The minimum absolute atomic E-state index is 0.00906. The number of hydrogen-bond acceptors (Lipinski definition) is 7. The van der Waals surface area contributed by atoms with Crippen LogP contribution >= 0.6 is 11.3 Å². The molecular weight excluding hydrogens is 501 g/mol. The highest BCUT2D eigenvalue weighted by Crippen LogP contribution is 2.41. The number of carboxylic acids is 1. The number of carboxylic acid groups (broad SMARTS) is 1. The zero-order valence-corrected chi connectivity index (χ0v) is 19.5. The molecule has 0 saturated heterocycles. The Bertz CT molecular complexity index is 1340. The second kappa shape index (κ2) is 9.89. The molecule has 0 aromatic carbocycles. The Morgan fingerprint density at radius 1 is 1.14 bits per heavy atom. The first kappa shape index (κ1) is 25.0. The monoisotopic (exact) mass is 520 g/mol. The van der Waals surface area contributed by atoms with E-state index in [1.54, 1.807) is 6.92 Å². The van der Waals surface area contributed by atoms with Crippen LogP contribution in [-0.4, -0.2) is 50.6 Å². The van der Waals surface area contributed by atoms with Crippen molar-refractivity contribution in [3.05, 3.63) is 46.9 Å². The van der Waals surface area contributed by atoms with Crippen LogP contribution in [0.4, 0.5) is 23.8 Å². The molecule has 0 spiro atoms. The fourth-order valence-electron chi connectivity index (χ4n) is 3.22. The quantitative estimate of drug-likeness (QED) is 0.368. The Morgan fingerprint density at radius 2 is 1.89 bits per heavy atom. The molecule has 36 heavy (non-hydrogen) atoms. The maximum atomic E-state index is 13.8. The van der Waals surface area contributed by atoms with E-state index < -0.39 is 34.7 Å². The van der Waals surface area contributed by atoms with Crippen LogP contribution in [0.25, 0.3) is 21.7 Å². The highest BCUT2D eigenvalue weighted by atomic mass is 32.1. The molecule has 1 aliphatic rings. The number of urea groups is 1. The van der Waals surface area contributed by atoms with Crippen molar-refractivity contribution < 1.29 is 32.7 Å². The summed E-state index contributed by atoms with van der Waals surface area (Å²) in [6, 6.07) is 1.84. The van der Waals surface area contributed by atoms with E-state index in [4.69, 9.17) is 0 Å². The molecule has 1 fully saturated rings. The Balaban J connectivity index is 1.86. The standard InChI is InChI=1S/C22H19F3N6O4S/c1-2-27-21(35)30-15-6-13(14(9-28-15)10-5-11(20(33)34)8-26-7-10)19-31-17(22(23,24)25)16(36-19)18(32)29-12-3-4-12/h5-9,12H,2-4H2,1H3,(H,29,32)(H,33,34)(H2,27,28,30,35). The first-order valence-electron chi connectivity index (χ1n) is 10.7. The number of amides is 3. The van der Waals surface area contributed by atoms with Crippen molar-refractivity contribution in [2.45, 2.75) is 32.0 Å². The van der Waals surface area contributed by atoms with E-state index >= 15 is 0 Å². The van der Waals surface area contributed by atoms with Crippen LogP contribution in [0.1, 0.15) is 45.5 Å². The van der Waals surface area contributed by atoms with E-state index in [1.807, 2.05) is 0 Å². The molecule has 0 aliphatic heterocycles. The Kier molecular flexibility index (Phi) is 6.88. The van der Waals surface area contributed by atoms with Crippen LogP contribution in [0.15, 0.2) is 30.7 Å². The third-order valence-electron chi connectivity index (χ3n) is 5.02. The molecule has 3 heterocycles. The maximum Gasteiger partial charge on any atom is 0.435 e. The van der Waals surface area contributed by atoms with Gasteiger partial charge in [0.05, 0.1) is 5.56 Å². The highest BCUT2D eigenvalue weighted by Gasteiger charge is 2.41. The lowest BCUT2D eigenvalue weighted by Gasteiger charge is -2.11. The Morgan fingerprint density at radius 3 is 2.53 bits per heavy atom. The Labute approximate surface area is 206 Å². The normalized spacial score (nSPS) is 13.2. The predicted molar refractivity (Wildman–Crippen MR) is 124 cm³/mol. The summed E-state index contributed by atoms with van der Waals surface area (Å²) in [4.78, 5) is 47.1. The first-order chi connectivity index (χ1) is 17.1. The zero-order valence-electron chi connectivity index (χ0n) is 18.6. The summed E-state index contributed by atoms with van der Waals surface area (Å²) in [5, 5.41) is 16.7. The van der Waals surface area contributed by atoms with Crippen molar-refractivity contribution in [2.24, 2.45) is 0 Å². The van der Waals surface area contributed by atoms with Crippen molar-refractivity contribution in [1.29, 1.82) is 0 Å². The molecule has 0 radical (unpaired) electrons. The average Bonchev–Trinajstić information content (AvgIpc) is 3.51. The van der Waals surface area contributed by atoms with Crippen LogP contribution in [0.5, 0.6) is 0 Å². The van der Waals surface area contributed by atoms with Crippen molar-refractivity contribution in [1.82, 2.24) is 25.6 Å². The molecule has 4 rings (SSSR count). The number of carbonyl (C=O) groups is 3. The third kappa shape index (κ3) is 5.59. The number of nitrogens with zero attached hydrogens (tertiary/aromatic N) is 3. The van der Waals surface area contributed by atoms with Gasteiger partial charge in [0.25, 0.3) is 5.91 Å². The van der Waals surface area contributed by atoms with E-state index in [-0.39, 0.29) is 39.1 Å². The van der Waals surface area contributed by atoms with Gasteiger partial charge in [-0.15, -0.1) is 11.3 Å². The number of aromatic nitrogens is 3. The fourth-order valence-corrected chi connectivity index (χ4v) is 4.23. The molecule has 188 valence electrons. The molecular formula is C22H19F3N6O4S. The van der Waals surface area contributed by atoms with Crippen molar-refractivity contribution in [2.75, 3.05) is 11.9 Å². The summed E-state index contributed by atoms with van der Waals surface area (Å²) >= 11 is 0.539. The number of pyridine rings is 2. The summed E-state index contributed by atoms with van der Waals surface area (Å²) in [5.74, 6) is -2.12. The van der Waals surface area contributed by atoms with Gasteiger partial charge in [0.15, 0.2) is 5.69 Å². The lowest BCUT2D eigenvalue weighted by Crippen LogP contribution is -2.28. The SMILES string of the molecule is CCNC(=O)Nc1cc(-c2nc(C(F)(F)F)c(C(=O)NC3CC3)s2)c(-c2cncc(C(=O)O)c2)cn1. The van der Waals surface area contributed by atoms with E-state index in [9.17, 15) is 32.7 Å². The number of nitrogens with one attached hydrogen (secondary N) is 3. The molecule has 0 atom stereocenters. The largest absolute Gasteiger partial charge is 0.478 e. The van der Waals surface area contributed by atoms with Gasteiger partial charge in [-0.25, -0.2) is 19.6 Å². The zero-order chi connectivity index (χ0) is 26.0. The van der Waals surface area contributed by atoms with Gasteiger partial charge in [-0.2, -0.15) is 13.2 Å². The van der Waals surface area contributed by atoms with E-state index in [2.05, 4.69) is 30.9 Å². The number of carbonyl (C=O) groups excluding carboxylic acids is 2. The third-order valence-corrected chi connectivity index (χ3v) is 6.11. The van der Waals surface area contributed by atoms with Crippen LogP contribution in [0.2, 0.25) is 0 Å². The van der Waals surface area contributed by atoms with Crippen LogP contribution < -0.4 is 16.0 Å². The molecule has 0 unspecified atom stereocenters. The smallest absolute Gasteiger partial charge is 0.435 e. The number of aromatic carboxylic acids is 1. The van der Waals surface area contributed by atoms with Gasteiger partial charge in [-0.1, -0.05) is 0 Å². The van der Waals surface area contributed by atoms with E-state index in [0.717, 1.165) is 6.20 Å². The minimum Gasteiger partial charge on any atom is -0.478 e. The topological polar surface area (TPSA) is 146 Å².